The first kappa shape index (κ1) is 23.3. The molecule has 1 aliphatic carbocycles. The summed E-state index contributed by atoms with van der Waals surface area (Å²) in [6, 6.07) is 14.8. The third-order valence-corrected chi connectivity index (χ3v) is 5.79. The van der Waals surface area contributed by atoms with Gasteiger partial charge in [0.1, 0.15) is 12.6 Å². The highest BCUT2D eigenvalue weighted by Crippen LogP contribution is 2.44. The molecule has 0 saturated carbocycles. The Morgan fingerprint density at radius 2 is 1.62 bits per heavy atom. The monoisotopic (exact) mass is 438 g/mol. The van der Waals surface area contributed by atoms with E-state index in [-0.39, 0.29) is 12.5 Å². The van der Waals surface area contributed by atoms with Crippen LogP contribution in [0.15, 0.2) is 48.5 Å². The number of fused-ring (bicyclic) bond motifs is 3. The molecule has 2 aromatic rings. The predicted octanol–water partition coefficient (Wildman–Crippen LogP) is 4.02. The number of rotatable bonds is 10. The van der Waals surface area contributed by atoms with Crippen molar-refractivity contribution in [2.24, 2.45) is 0 Å². The number of carboxylic acids is 1. The van der Waals surface area contributed by atoms with Crippen molar-refractivity contribution in [1.29, 1.82) is 0 Å². The molecule has 32 heavy (non-hydrogen) atoms. The fourth-order valence-electron chi connectivity index (χ4n) is 4.15. The van der Waals surface area contributed by atoms with Crippen LogP contribution in [0.3, 0.4) is 0 Å². The fraction of sp³-hybridized carbons (Fsp3) is 0.400. The Balaban J connectivity index is 1.68. The maximum Gasteiger partial charge on any atom is 0.407 e. The number of likely N-dealkylation sites (N-methyl/N-ethyl adjacent to an activating group) is 1. The lowest BCUT2D eigenvalue weighted by Crippen LogP contribution is -2.50. The number of amides is 2. The molecule has 0 saturated heterocycles. The summed E-state index contributed by atoms with van der Waals surface area (Å²) in [5.74, 6) is -1.68. The number of hydrogen-bond donors (Lipinski definition) is 2. The summed E-state index contributed by atoms with van der Waals surface area (Å²) >= 11 is 0. The van der Waals surface area contributed by atoms with E-state index in [1.54, 1.807) is 4.90 Å². The van der Waals surface area contributed by atoms with Crippen LogP contribution in [0.1, 0.15) is 50.2 Å². The zero-order valence-electron chi connectivity index (χ0n) is 18.5. The van der Waals surface area contributed by atoms with E-state index >= 15 is 0 Å². The average Bonchev–Trinajstić information content (AvgIpc) is 3.11. The summed E-state index contributed by atoms with van der Waals surface area (Å²) in [6.45, 7) is 4.91. The molecule has 1 unspecified atom stereocenters. The molecule has 170 valence electrons. The molecule has 7 nitrogen and oxygen atoms in total. The van der Waals surface area contributed by atoms with Crippen LogP contribution in [0, 0.1) is 0 Å². The molecule has 2 aromatic carbocycles. The molecule has 0 spiro atoms. The van der Waals surface area contributed by atoms with Gasteiger partial charge in [-0.3, -0.25) is 9.59 Å². The summed E-state index contributed by atoms with van der Waals surface area (Å²) < 4.78 is 5.48. The second-order valence-electron chi connectivity index (χ2n) is 7.89. The molecule has 0 aliphatic heterocycles. The number of carbonyl (C=O) groups excluding carboxylic acids is 2. The largest absolute Gasteiger partial charge is 0.481 e. The summed E-state index contributed by atoms with van der Waals surface area (Å²) in [5.41, 5.74) is 4.39. The van der Waals surface area contributed by atoms with Crippen molar-refractivity contribution in [3.63, 3.8) is 0 Å². The standard InChI is InChI=1S/C25H30N2O5/c1-3-5-14-27(4-2)24(30)22(15-23(28)29)26-25(31)32-16-21-19-12-8-6-10-17(19)18-11-7-9-13-20(18)21/h6-13,21-22H,3-5,14-16H2,1-2H3,(H,26,31)(H,28,29). The first-order valence-electron chi connectivity index (χ1n) is 11.1. The van der Waals surface area contributed by atoms with Gasteiger partial charge < -0.3 is 20.1 Å². The van der Waals surface area contributed by atoms with Crippen molar-refractivity contribution < 1.29 is 24.2 Å². The number of aliphatic carboxylic acids is 1. The van der Waals surface area contributed by atoms with E-state index in [9.17, 15) is 19.5 Å². The number of ether oxygens (including phenoxy) is 1. The molecular weight excluding hydrogens is 408 g/mol. The smallest absolute Gasteiger partial charge is 0.407 e. The van der Waals surface area contributed by atoms with Gasteiger partial charge in [-0.1, -0.05) is 61.9 Å². The molecule has 0 heterocycles. The molecule has 2 amide bonds. The molecular formula is C25H30N2O5. The quantitative estimate of drug-likeness (QED) is 0.584. The Hall–Kier alpha value is -3.35. The molecule has 2 N–H and O–H groups in total. The molecule has 0 radical (unpaired) electrons. The average molecular weight is 439 g/mol. The Morgan fingerprint density at radius 3 is 2.16 bits per heavy atom. The fourth-order valence-corrected chi connectivity index (χ4v) is 4.15. The number of hydrogen-bond acceptors (Lipinski definition) is 4. The minimum Gasteiger partial charge on any atom is -0.481 e. The summed E-state index contributed by atoms with van der Waals surface area (Å²) in [5, 5.41) is 11.7. The topological polar surface area (TPSA) is 95.9 Å². The van der Waals surface area contributed by atoms with Crippen molar-refractivity contribution in [1.82, 2.24) is 10.2 Å². The van der Waals surface area contributed by atoms with Crippen LogP contribution in [0.25, 0.3) is 11.1 Å². The van der Waals surface area contributed by atoms with Crippen LogP contribution in [0.2, 0.25) is 0 Å². The van der Waals surface area contributed by atoms with Crippen molar-refractivity contribution in [2.75, 3.05) is 19.7 Å². The summed E-state index contributed by atoms with van der Waals surface area (Å²) in [4.78, 5) is 38.2. The molecule has 7 heteroatoms. The van der Waals surface area contributed by atoms with Crippen LogP contribution < -0.4 is 5.32 Å². The van der Waals surface area contributed by atoms with Gasteiger partial charge in [-0.05, 0) is 35.6 Å². The minimum atomic E-state index is -1.17. The molecule has 0 aromatic heterocycles. The van der Waals surface area contributed by atoms with Gasteiger partial charge in [-0.2, -0.15) is 0 Å². The van der Waals surface area contributed by atoms with Crippen LogP contribution >= 0.6 is 0 Å². The minimum absolute atomic E-state index is 0.0984. The van der Waals surface area contributed by atoms with Crippen LogP contribution in [0.4, 0.5) is 4.79 Å². The first-order valence-corrected chi connectivity index (χ1v) is 11.1. The van der Waals surface area contributed by atoms with E-state index in [2.05, 4.69) is 5.32 Å². The molecule has 3 rings (SSSR count). The lowest BCUT2D eigenvalue weighted by molar-refractivity contribution is -0.142. The van der Waals surface area contributed by atoms with Crippen LogP contribution in [-0.2, 0) is 14.3 Å². The number of benzene rings is 2. The Bertz CT molecular complexity index is 929. The van der Waals surface area contributed by atoms with Crippen molar-refractivity contribution in [2.45, 2.75) is 45.1 Å². The Morgan fingerprint density at radius 1 is 1.03 bits per heavy atom. The van der Waals surface area contributed by atoms with E-state index in [4.69, 9.17) is 4.74 Å². The van der Waals surface area contributed by atoms with Gasteiger partial charge in [-0.25, -0.2) is 4.79 Å². The van der Waals surface area contributed by atoms with Gasteiger partial charge in [0.25, 0.3) is 0 Å². The van der Waals surface area contributed by atoms with Crippen LogP contribution in [-0.4, -0.2) is 53.7 Å². The highest BCUT2D eigenvalue weighted by Gasteiger charge is 2.31. The normalized spacial score (nSPS) is 13.1. The van der Waals surface area contributed by atoms with Gasteiger partial charge in [-0.15, -0.1) is 0 Å². The summed E-state index contributed by atoms with van der Waals surface area (Å²) in [7, 11) is 0. The Kier molecular flexibility index (Phi) is 7.87. The lowest BCUT2D eigenvalue weighted by Gasteiger charge is -2.26. The number of nitrogens with one attached hydrogen (secondary N) is 1. The maximum atomic E-state index is 12.8. The predicted molar refractivity (Wildman–Crippen MR) is 121 cm³/mol. The summed E-state index contributed by atoms with van der Waals surface area (Å²) in [6.07, 6.45) is 0.432. The van der Waals surface area contributed by atoms with Crippen LogP contribution in [0.5, 0.6) is 0 Å². The highest BCUT2D eigenvalue weighted by molar-refractivity contribution is 5.89. The third-order valence-electron chi connectivity index (χ3n) is 5.79. The zero-order chi connectivity index (χ0) is 23.1. The number of unbranched alkanes of at least 4 members (excludes halogenated alkanes) is 1. The van der Waals surface area contributed by atoms with E-state index in [0.717, 1.165) is 35.1 Å². The highest BCUT2D eigenvalue weighted by atomic mass is 16.5. The van der Waals surface area contributed by atoms with Crippen molar-refractivity contribution in [3.8, 4) is 11.1 Å². The second-order valence-corrected chi connectivity index (χ2v) is 7.89. The zero-order valence-corrected chi connectivity index (χ0v) is 18.5. The van der Waals surface area contributed by atoms with Gasteiger partial charge in [0.05, 0.1) is 6.42 Å². The van der Waals surface area contributed by atoms with Gasteiger partial charge in [0.15, 0.2) is 0 Å². The van der Waals surface area contributed by atoms with E-state index in [1.165, 1.54) is 0 Å². The molecule has 1 aliphatic rings. The van der Waals surface area contributed by atoms with E-state index < -0.39 is 30.4 Å². The number of nitrogens with zero attached hydrogens (tertiary/aromatic N) is 1. The van der Waals surface area contributed by atoms with Gasteiger partial charge in [0, 0.05) is 19.0 Å². The van der Waals surface area contributed by atoms with Gasteiger partial charge in [0.2, 0.25) is 5.91 Å². The lowest BCUT2D eigenvalue weighted by atomic mass is 9.98. The van der Waals surface area contributed by atoms with Crippen molar-refractivity contribution in [3.05, 3.63) is 59.7 Å². The Labute approximate surface area is 188 Å². The first-order chi connectivity index (χ1) is 15.5. The third kappa shape index (κ3) is 5.28. The van der Waals surface area contributed by atoms with Gasteiger partial charge >= 0.3 is 12.1 Å². The molecule has 1 atom stereocenters. The second kappa shape index (κ2) is 10.8. The number of carboxylic acid groups (broad SMARTS) is 1. The molecule has 0 fully saturated rings. The van der Waals surface area contributed by atoms with Crippen molar-refractivity contribution >= 4 is 18.0 Å². The number of alkyl carbamates (subject to hydrolysis) is 1. The maximum absolute atomic E-state index is 12.8. The van der Waals surface area contributed by atoms with E-state index in [0.29, 0.717) is 13.1 Å². The SMILES string of the molecule is CCCCN(CC)C(=O)C(CC(=O)O)NC(=O)OCC1c2ccccc2-c2ccccc21. The number of carbonyl (C=O) groups is 3. The van der Waals surface area contributed by atoms with E-state index in [1.807, 2.05) is 62.4 Å². The molecule has 0 bridgehead atoms.